The molecule has 2 heteroatoms. The van der Waals surface area contributed by atoms with E-state index in [2.05, 4.69) is 121 Å². The minimum atomic E-state index is -0.0623. The molecule has 0 unspecified atom stereocenters. The molecule has 146 valence electrons. The number of hydrogen-bond donors (Lipinski definition) is 0. The largest absolute Gasteiger partial charge is 0.344 e. The molecule has 30 heavy (non-hydrogen) atoms. The molecule has 1 aliphatic heterocycles. The van der Waals surface area contributed by atoms with Gasteiger partial charge in [-0.2, -0.15) is 0 Å². The number of fused-ring (bicyclic) bond motifs is 5. The van der Waals surface area contributed by atoms with Crippen molar-refractivity contribution in [2.45, 2.75) is 19.3 Å². The molecule has 0 aliphatic carbocycles. The van der Waals surface area contributed by atoms with Gasteiger partial charge >= 0.3 is 0 Å². The average molecular weight is 389 g/mol. The van der Waals surface area contributed by atoms with Crippen molar-refractivity contribution in [1.82, 2.24) is 4.57 Å². The molecule has 0 radical (unpaired) electrons. The summed E-state index contributed by atoms with van der Waals surface area (Å²) in [6, 6.07) is 33.1. The summed E-state index contributed by atoms with van der Waals surface area (Å²) in [6.07, 6.45) is 0. The number of aromatic nitrogens is 1. The number of para-hydroxylation sites is 3. The Hall–Kier alpha value is -3.52. The minimum absolute atomic E-state index is 0.0623. The van der Waals surface area contributed by atoms with E-state index in [-0.39, 0.29) is 5.41 Å². The highest BCUT2D eigenvalue weighted by molar-refractivity contribution is 6.09. The van der Waals surface area contributed by atoms with E-state index in [1.807, 2.05) is 0 Å². The lowest BCUT2D eigenvalue weighted by atomic mass is 9.73. The van der Waals surface area contributed by atoms with Gasteiger partial charge in [-0.1, -0.05) is 68.4 Å². The molecule has 2 nitrogen and oxygen atoms in total. The molecule has 0 N–H and O–H groups in total. The zero-order valence-electron chi connectivity index (χ0n) is 17.6. The smallest absolute Gasteiger partial charge is 0.0541 e. The summed E-state index contributed by atoms with van der Waals surface area (Å²) in [6.45, 7) is 4.68. The highest BCUT2D eigenvalue weighted by Crippen LogP contribution is 2.48. The Bertz CT molecular complexity index is 1380. The Balaban J connectivity index is 1.65. The van der Waals surface area contributed by atoms with E-state index < -0.39 is 0 Å². The topological polar surface area (TPSA) is 8.17 Å². The van der Waals surface area contributed by atoms with Crippen molar-refractivity contribution in [3.8, 4) is 5.69 Å². The molecule has 5 aromatic rings. The molecule has 0 fully saturated rings. The van der Waals surface area contributed by atoms with Gasteiger partial charge in [-0.3, -0.25) is 0 Å². The van der Waals surface area contributed by atoms with E-state index in [9.17, 15) is 0 Å². The first-order chi connectivity index (χ1) is 14.6. The van der Waals surface area contributed by atoms with E-state index in [4.69, 9.17) is 0 Å². The Kier molecular flexibility index (Phi) is 3.47. The van der Waals surface area contributed by atoms with Crippen molar-refractivity contribution in [2.75, 3.05) is 11.9 Å². The Morgan fingerprint density at radius 1 is 0.600 bits per heavy atom. The van der Waals surface area contributed by atoms with Crippen LogP contribution >= 0.6 is 0 Å². The molecule has 0 amide bonds. The first-order valence-electron chi connectivity index (χ1n) is 10.5. The molecule has 1 aromatic heterocycles. The molecule has 0 spiro atoms. The van der Waals surface area contributed by atoms with Crippen LogP contribution in [-0.2, 0) is 5.41 Å². The maximum atomic E-state index is 2.40. The van der Waals surface area contributed by atoms with Crippen LogP contribution in [0.15, 0.2) is 91.0 Å². The van der Waals surface area contributed by atoms with Crippen LogP contribution in [0.1, 0.15) is 25.0 Å². The second-order valence-corrected chi connectivity index (χ2v) is 8.77. The third kappa shape index (κ3) is 2.19. The fourth-order valence-corrected chi connectivity index (χ4v) is 5.23. The SMILES string of the molecule is CN1c2ccccc2C(C)(C)c2cc(-n3c4ccccc4c4ccccc43)ccc21. The lowest BCUT2D eigenvalue weighted by molar-refractivity contribution is 0.629. The van der Waals surface area contributed by atoms with E-state index in [1.165, 1.54) is 50.0 Å². The van der Waals surface area contributed by atoms with E-state index in [0.717, 1.165) is 0 Å². The van der Waals surface area contributed by atoms with Crippen molar-refractivity contribution in [2.24, 2.45) is 0 Å². The van der Waals surface area contributed by atoms with Crippen LogP contribution in [0.5, 0.6) is 0 Å². The highest BCUT2D eigenvalue weighted by atomic mass is 15.1. The summed E-state index contributed by atoms with van der Waals surface area (Å²) >= 11 is 0. The number of rotatable bonds is 1. The maximum Gasteiger partial charge on any atom is 0.0541 e. The summed E-state index contributed by atoms with van der Waals surface area (Å²) in [4.78, 5) is 2.32. The predicted octanol–water partition coefficient (Wildman–Crippen LogP) is 7.19. The van der Waals surface area contributed by atoms with Gasteiger partial charge in [0.2, 0.25) is 0 Å². The van der Waals surface area contributed by atoms with Gasteiger partial charge in [0.25, 0.3) is 0 Å². The number of benzene rings is 4. The third-order valence-corrected chi connectivity index (χ3v) is 6.79. The first kappa shape index (κ1) is 17.3. The van der Waals surface area contributed by atoms with Gasteiger partial charge in [0, 0.05) is 40.3 Å². The van der Waals surface area contributed by atoms with E-state index >= 15 is 0 Å². The summed E-state index contributed by atoms with van der Waals surface area (Å²) in [5, 5.41) is 2.60. The van der Waals surface area contributed by atoms with Gasteiger partial charge in [-0.25, -0.2) is 0 Å². The molecule has 0 saturated carbocycles. The predicted molar refractivity (Wildman–Crippen MR) is 127 cm³/mol. The molecule has 0 saturated heterocycles. The van der Waals surface area contributed by atoms with Gasteiger partial charge in [-0.15, -0.1) is 0 Å². The van der Waals surface area contributed by atoms with Crippen molar-refractivity contribution in [1.29, 1.82) is 0 Å². The van der Waals surface area contributed by atoms with Gasteiger partial charge in [0.05, 0.1) is 11.0 Å². The summed E-state index contributed by atoms with van der Waals surface area (Å²) in [5.41, 5.74) is 8.96. The minimum Gasteiger partial charge on any atom is -0.344 e. The standard InChI is InChI=1S/C28H24N2/c1-28(2)22-12-6-9-15-26(22)29(3)27-17-16-19(18-23(27)28)30-24-13-7-4-10-20(24)21-11-5-8-14-25(21)30/h4-18H,1-3H3. The third-order valence-electron chi connectivity index (χ3n) is 6.79. The van der Waals surface area contributed by atoms with Crippen molar-refractivity contribution in [3.63, 3.8) is 0 Å². The number of nitrogens with zero attached hydrogens (tertiary/aromatic N) is 2. The molecule has 4 aromatic carbocycles. The van der Waals surface area contributed by atoms with Gasteiger partial charge in [0.15, 0.2) is 0 Å². The highest BCUT2D eigenvalue weighted by Gasteiger charge is 2.35. The van der Waals surface area contributed by atoms with Gasteiger partial charge in [0.1, 0.15) is 0 Å². The van der Waals surface area contributed by atoms with Crippen molar-refractivity contribution < 1.29 is 0 Å². The summed E-state index contributed by atoms with van der Waals surface area (Å²) in [7, 11) is 2.17. The second-order valence-electron chi connectivity index (χ2n) is 8.77. The van der Waals surface area contributed by atoms with Crippen LogP contribution in [0, 0.1) is 0 Å². The fourth-order valence-electron chi connectivity index (χ4n) is 5.23. The lowest BCUT2D eigenvalue weighted by Gasteiger charge is -2.40. The van der Waals surface area contributed by atoms with Gasteiger partial charge < -0.3 is 9.47 Å². The number of hydrogen-bond acceptors (Lipinski definition) is 1. The Morgan fingerprint density at radius 3 is 1.87 bits per heavy atom. The molecule has 6 rings (SSSR count). The molecule has 1 aliphatic rings. The van der Waals surface area contributed by atoms with Crippen molar-refractivity contribution >= 4 is 33.2 Å². The zero-order valence-corrected chi connectivity index (χ0v) is 17.6. The van der Waals surface area contributed by atoms with Crippen LogP contribution in [0.4, 0.5) is 11.4 Å². The van der Waals surface area contributed by atoms with Crippen LogP contribution in [-0.4, -0.2) is 11.6 Å². The fraction of sp³-hybridized carbons (Fsp3) is 0.143. The Labute approximate surface area is 177 Å². The number of anilines is 2. The van der Waals surface area contributed by atoms with Crippen LogP contribution in [0.25, 0.3) is 27.5 Å². The van der Waals surface area contributed by atoms with Crippen molar-refractivity contribution in [3.05, 3.63) is 102 Å². The van der Waals surface area contributed by atoms with Crippen LogP contribution in [0.2, 0.25) is 0 Å². The summed E-state index contributed by atoms with van der Waals surface area (Å²) in [5.74, 6) is 0. The van der Waals surface area contributed by atoms with Crippen LogP contribution < -0.4 is 4.90 Å². The first-order valence-corrected chi connectivity index (χ1v) is 10.5. The van der Waals surface area contributed by atoms with Crippen LogP contribution in [0.3, 0.4) is 0 Å². The quantitative estimate of drug-likeness (QED) is 0.295. The maximum absolute atomic E-state index is 2.40. The normalized spacial score (nSPS) is 14.7. The summed E-state index contributed by atoms with van der Waals surface area (Å²) < 4.78 is 2.40. The molecular formula is C28H24N2. The average Bonchev–Trinajstić information content (AvgIpc) is 3.12. The lowest BCUT2D eigenvalue weighted by Crippen LogP contribution is -2.30. The molecule has 0 bridgehead atoms. The second kappa shape index (κ2) is 5.99. The zero-order chi connectivity index (χ0) is 20.5. The van der Waals surface area contributed by atoms with E-state index in [0.29, 0.717) is 0 Å². The molecule has 0 atom stereocenters. The molecular weight excluding hydrogens is 364 g/mol. The van der Waals surface area contributed by atoms with Gasteiger partial charge in [-0.05, 0) is 47.5 Å². The molecule has 2 heterocycles. The Morgan fingerprint density at radius 2 is 1.17 bits per heavy atom. The monoisotopic (exact) mass is 388 g/mol. The van der Waals surface area contributed by atoms with E-state index in [1.54, 1.807) is 0 Å².